The van der Waals surface area contributed by atoms with Crippen molar-refractivity contribution in [2.24, 2.45) is 11.8 Å². The number of piperidine rings is 1. The maximum absolute atomic E-state index is 12.4. The summed E-state index contributed by atoms with van der Waals surface area (Å²) in [6.07, 6.45) is 2.95. The zero-order valence-electron chi connectivity index (χ0n) is 15.0. The van der Waals surface area contributed by atoms with Crippen LogP contribution in [-0.2, 0) is 4.79 Å². The van der Waals surface area contributed by atoms with Gasteiger partial charge in [-0.25, -0.2) is 0 Å². The quantitative estimate of drug-likeness (QED) is 0.793. The van der Waals surface area contributed by atoms with Crippen molar-refractivity contribution in [2.45, 2.75) is 32.2 Å². The van der Waals surface area contributed by atoms with Crippen LogP contribution in [0.5, 0.6) is 0 Å². The number of benzene rings is 1. The Balaban J connectivity index is 1.87. The minimum atomic E-state index is 0.0804. The van der Waals surface area contributed by atoms with Crippen LogP contribution in [0.2, 0.25) is 5.02 Å². The Kier molecular flexibility index (Phi) is 7.53. The van der Waals surface area contributed by atoms with Gasteiger partial charge in [-0.15, -0.1) is 0 Å². The van der Waals surface area contributed by atoms with E-state index in [4.69, 9.17) is 11.6 Å². The van der Waals surface area contributed by atoms with Gasteiger partial charge in [0.1, 0.15) is 0 Å². The maximum atomic E-state index is 12.4. The number of nitrogens with one attached hydrogen (secondary N) is 2. The molecule has 1 aromatic rings. The fourth-order valence-corrected chi connectivity index (χ4v) is 3.73. The molecule has 0 bridgehead atoms. The molecule has 0 aromatic heterocycles. The molecular formula is C19H30ClN3O. The number of carbonyl (C=O) groups excluding carboxylic acids is 1. The molecule has 1 amide bonds. The number of hydrogen-bond donors (Lipinski definition) is 2. The SMILES string of the molecule is CC(CC(=O)NCC(c1ccccc1Cl)N(C)C)C1CCNCC1. The molecule has 1 saturated heterocycles. The average molecular weight is 352 g/mol. The van der Waals surface area contributed by atoms with Gasteiger partial charge in [0.05, 0.1) is 6.04 Å². The molecule has 0 radical (unpaired) electrons. The monoisotopic (exact) mass is 351 g/mol. The van der Waals surface area contributed by atoms with Crippen molar-refractivity contribution in [1.29, 1.82) is 0 Å². The molecule has 2 N–H and O–H groups in total. The van der Waals surface area contributed by atoms with Crippen LogP contribution in [0.1, 0.15) is 37.8 Å². The van der Waals surface area contributed by atoms with Gasteiger partial charge in [-0.2, -0.15) is 0 Å². The lowest BCUT2D eigenvalue weighted by atomic mass is 9.84. The first-order chi connectivity index (χ1) is 11.5. The molecule has 0 aliphatic carbocycles. The summed E-state index contributed by atoms with van der Waals surface area (Å²) in [5, 5.41) is 7.23. The molecule has 0 spiro atoms. The van der Waals surface area contributed by atoms with Gasteiger partial charge in [-0.3, -0.25) is 4.79 Å². The van der Waals surface area contributed by atoms with E-state index in [0.717, 1.165) is 23.7 Å². The van der Waals surface area contributed by atoms with Crippen LogP contribution in [0.25, 0.3) is 0 Å². The summed E-state index contributed by atoms with van der Waals surface area (Å²) in [6.45, 7) is 4.93. The van der Waals surface area contributed by atoms with Crippen molar-refractivity contribution in [3.8, 4) is 0 Å². The van der Waals surface area contributed by atoms with E-state index >= 15 is 0 Å². The number of amides is 1. The van der Waals surface area contributed by atoms with Gasteiger partial charge in [0.2, 0.25) is 5.91 Å². The lowest BCUT2D eigenvalue weighted by Crippen LogP contribution is -2.37. The Morgan fingerprint density at radius 1 is 1.33 bits per heavy atom. The molecule has 1 heterocycles. The van der Waals surface area contributed by atoms with Crippen molar-refractivity contribution < 1.29 is 4.79 Å². The van der Waals surface area contributed by atoms with Crippen LogP contribution < -0.4 is 10.6 Å². The fourth-order valence-electron chi connectivity index (χ4n) is 3.47. The summed E-state index contributed by atoms with van der Waals surface area (Å²) in [7, 11) is 4.02. The maximum Gasteiger partial charge on any atom is 0.220 e. The highest BCUT2D eigenvalue weighted by atomic mass is 35.5. The molecule has 4 nitrogen and oxygen atoms in total. The highest BCUT2D eigenvalue weighted by Crippen LogP contribution is 2.26. The number of likely N-dealkylation sites (N-methyl/N-ethyl adjacent to an activating group) is 1. The molecule has 2 atom stereocenters. The van der Waals surface area contributed by atoms with Crippen LogP contribution in [0.15, 0.2) is 24.3 Å². The standard InChI is InChI=1S/C19H30ClN3O/c1-14(15-8-10-21-11-9-15)12-19(24)22-13-18(23(2)3)16-6-4-5-7-17(16)20/h4-7,14-15,18,21H,8-13H2,1-3H3,(H,22,24). The van der Waals surface area contributed by atoms with Gasteiger partial charge in [-0.1, -0.05) is 36.7 Å². The molecule has 1 aromatic carbocycles. The molecule has 5 heteroatoms. The summed E-state index contributed by atoms with van der Waals surface area (Å²) in [4.78, 5) is 14.5. The zero-order chi connectivity index (χ0) is 17.5. The first-order valence-electron chi connectivity index (χ1n) is 8.87. The first kappa shape index (κ1) is 19.2. The first-order valence-corrected chi connectivity index (χ1v) is 9.25. The smallest absolute Gasteiger partial charge is 0.220 e. The van der Waals surface area contributed by atoms with Crippen LogP contribution >= 0.6 is 11.6 Å². The molecule has 1 aliphatic heterocycles. The van der Waals surface area contributed by atoms with Crippen molar-refractivity contribution in [2.75, 3.05) is 33.7 Å². The normalized spacial score (nSPS) is 18.4. The Morgan fingerprint density at radius 3 is 2.62 bits per heavy atom. The summed E-state index contributed by atoms with van der Waals surface area (Å²) in [5.41, 5.74) is 1.05. The third-order valence-electron chi connectivity index (χ3n) is 5.08. The number of halogens is 1. The molecule has 2 rings (SSSR count). The Morgan fingerprint density at radius 2 is 2.00 bits per heavy atom. The minimum absolute atomic E-state index is 0.0804. The van der Waals surface area contributed by atoms with E-state index < -0.39 is 0 Å². The van der Waals surface area contributed by atoms with Crippen molar-refractivity contribution in [3.05, 3.63) is 34.9 Å². The van der Waals surface area contributed by atoms with Crippen molar-refractivity contribution in [3.63, 3.8) is 0 Å². The highest BCUT2D eigenvalue weighted by Gasteiger charge is 2.23. The van der Waals surface area contributed by atoms with E-state index in [-0.39, 0.29) is 11.9 Å². The number of rotatable bonds is 7. The summed E-state index contributed by atoms with van der Waals surface area (Å²) < 4.78 is 0. The second kappa shape index (κ2) is 9.40. The molecule has 1 aliphatic rings. The Bertz CT molecular complexity index is 529. The van der Waals surface area contributed by atoms with Crippen molar-refractivity contribution >= 4 is 17.5 Å². The van der Waals surface area contributed by atoms with E-state index in [1.54, 1.807) is 0 Å². The third kappa shape index (κ3) is 5.47. The average Bonchev–Trinajstić information content (AvgIpc) is 2.57. The number of nitrogens with zero attached hydrogens (tertiary/aromatic N) is 1. The topological polar surface area (TPSA) is 44.4 Å². The second-order valence-electron chi connectivity index (χ2n) is 7.07. The Hall–Kier alpha value is -1.10. The Labute approximate surface area is 150 Å². The predicted molar refractivity (Wildman–Crippen MR) is 100 cm³/mol. The molecule has 1 fully saturated rings. The fraction of sp³-hybridized carbons (Fsp3) is 0.632. The minimum Gasteiger partial charge on any atom is -0.354 e. The summed E-state index contributed by atoms with van der Waals surface area (Å²) in [5.74, 6) is 1.23. The third-order valence-corrected chi connectivity index (χ3v) is 5.42. The molecule has 134 valence electrons. The van der Waals surface area contributed by atoms with Crippen LogP contribution in [0.3, 0.4) is 0 Å². The van der Waals surface area contributed by atoms with Gasteiger partial charge in [0, 0.05) is 18.0 Å². The van der Waals surface area contributed by atoms with Gasteiger partial charge >= 0.3 is 0 Å². The molecule has 0 saturated carbocycles. The zero-order valence-corrected chi connectivity index (χ0v) is 15.8. The van der Waals surface area contributed by atoms with Crippen LogP contribution in [0.4, 0.5) is 0 Å². The van der Waals surface area contributed by atoms with Gasteiger partial charge in [0.15, 0.2) is 0 Å². The summed E-state index contributed by atoms with van der Waals surface area (Å²) in [6, 6.07) is 7.92. The molecule has 24 heavy (non-hydrogen) atoms. The number of hydrogen-bond acceptors (Lipinski definition) is 3. The van der Waals surface area contributed by atoms with Gasteiger partial charge < -0.3 is 15.5 Å². The van der Waals surface area contributed by atoms with Gasteiger partial charge in [-0.05, 0) is 63.5 Å². The summed E-state index contributed by atoms with van der Waals surface area (Å²) >= 11 is 6.32. The largest absolute Gasteiger partial charge is 0.354 e. The van der Waals surface area contributed by atoms with E-state index in [1.807, 2.05) is 38.4 Å². The van der Waals surface area contributed by atoms with Gasteiger partial charge in [0.25, 0.3) is 0 Å². The van der Waals surface area contributed by atoms with Crippen LogP contribution in [0, 0.1) is 11.8 Å². The van der Waals surface area contributed by atoms with E-state index in [1.165, 1.54) is 12.8 Å². The predicted octanol–water partition coefficient (Wildman–Crippen LogP) is 3.08. The van der Waals surface area contributed by atoms with E-state index in [9.17, 15) is 4.79 Å². The van der Waals surface area contributed by atoms with E-state index in [0.29, 0.717) is 24.8 Å². The highest BCUT2D eigenvalue weighted by molar-refractivity contribution is 6.31. The van der Waals surface area contributed by atoms with Crippen LogP contribution in [-0.4, -0.2) is 44.5 Å². The lowest BCUT2D eigenvalue weighted by molar-refractivity contribution is -0.122. The second-order valence-corrected chi connectivity index (χ2v) is 7.48. The molecular weight excluding hydrogens is 322 g/mol. The van der Waals surface area contributed by atoms with E-state index in [2.05, 4.69) is 22.5 Å². The lowest BCUT2D eigenvalue weighted by Gasteiger charge is -2.29. The molecule has 2 unspecified atom stereocenters. The van der Waals surface area contributed by atoms with Crippen molar-refractivity contribution in [1.82, 2.24) is 15.5 Å². The number of carbonyl (C=O) groups is 1.